The molecule has 0 aromatic rings. The van der Waals surface area contributed by atoms with Crippen molar-refractivity contribution in [2.75, 3.05) is 0 Å². The van der Waals surface area contributed by atoms with Crippen LogP contribution in [0.3, 0.4) is 0 Å². The zero-order chi connectivity index (χ0) is 25.8. The lowest BCUT2D eigenvalue weighted by Crippen LogP contribution is -2.63. The van der Waals surface area contributed by atoms with Crippen LogP contribution < -0.4 is 0 Å². The molecule has 3 fully saturated rings. The summed E-state index contributed by atoms with van der Waals surface area (Å²) in [6.07, 6.45) is 12.0. The summed E-state index contributed by atoms with van der Waals surface area (Å²) in [4.78, 5) is 11.7. The number of aliphatic carboxylic acids is 1. The molecule has 0 aromatic heterocycles. The van der Waals surface area contributed by atoms with Gasteiger partial charge in [-0.15, -0.1) is 0 Å². The minimum atomic E-state index is -0.820. The highest BCUT2D eigenvalue weighted by atomic mass is 16.4. The van der Waals surface area contributed by atoms with Gasteiger partial charge in [0.05, 0.1) is 18.6 Å². The number of aliphatic hydroxyl groups excluding tert-OH is 2. The zero-order valence-corrected chi connectivity index (χ0v) is 23.1. The molecule has 0 heterocycles. The summed E-state index contributed by atoms with van der Waals surface area (Å²) in [7, 11) is 0. The van der Waals surface area contributed by atoms with Crippen LogP contribution in [0.1, 0.15) is 106 Å². The Morgan fingerprint density at radius 1 is 0.943 bits per heavy atom. The second-order valence-corrected chi connectivity index (χ2v) is 15.1. The summed E-state index contributed by atoms with van der Waals surface area (Å²) in [6, 6.07) is 0. The highest BCUT2D eigenvalue weighted by molar-refractivity contribution is 5.68. The van der Waals surface area contributed by atoms with Crippen LogP contribution >= 0.6 is 0 Å². The normalized spacial score (nSPS) is 52.7. The fraction of sp³-hybridized carbons (Fsp3) is 0.839. The van der Waals surface area contributed by atoms with Crippen LogP contribution in [0.4, 0.5) is 0 Å². The number of carboxylic acid groups (broad SMARTS) is 1. The second-order valence-electron chi connectivity index (χ2n) is 15.1. The molecule has 0 bridgehead atoms. The number of fused-ring (bicyclic) bond motifs is 6. The maximum Gasteiger partial charge on any atom is 0.304 e. The highest BCUT2D eigenvalue weighted by Crippen LogP contribution is 2.74. The Morgan fingerprint density at radius 3 is 2.29 bits per heavy atom. The third-order valence-corrected chi connectivity index (χ3v) is 13.0. The molecule has 4 heteroatoms. The number of allylic oxidation sites excluding steroid dienone is 4. The van der Waals surface area contributed by atoms with E-state index < -0.39 is 17.5 Å². The lowest BCUT2D eigenvalue weighted by Gasteiger charge is -2.69. The molecule has 5 aliphatic carbocycles. The van der Waals surface area contributed by atoms with Crippen molar-refractivity contribution in [1.29, 1.82) is 0 Å². The van der Waals surface area contributed by atoms with Crippen molar-refractivity contribution in [2.45, 2.75) is 118 Å². The van der Waals surface area contributed by atoms with E-state index >= 15 is 0 Å². The lowest BCUT2D eigenvalue weighted by atomic mass is 9.35. The number of rotatable bonds is 2. The van der Waals surface area contributed by atoms with Gasteiger partial charge in [-0.05, 0) is 95.9 Å². The van der Waals surface area contributed by atoms with Gasteiger partial charge in [0.25, 0.3) is 0 Å². The molecule has 35 heavy (non-hydrogen) atoms. The van der Waals surface area contributed by atoms with Crippen molar-refractivity contribution in [1.82, 2.24) is 0 Å². The van der Waals surface area contributed by atoms with Gasteiger partial charge in [-0.1, -0.05) is 66.2 Å². The van der Waals surface area contributed by atoms with E-state index in [0.717, 1.165) is 38.5 Å². The Bertz CT molecular complexity index is 994. The molecule has 0 spiro atoms. The molecular weight excluding hydrogens is 436 g/mol. The summed E-state index contributed by atoms with van der Waals surface area (Å²) in [5.41, 5.74) is 2.48. The maximum absolute atomic E-state index is 11.7. The average molecular weight is 485 g/mol. The number of hydrogen-bond acceptors (Lipinski definition) is 3. The standard InChI is InChI=1S/C31H48O4/c1-26(2)21-10-13-31(7)22(29(21,5)12-11-23(26)32)9-8-19-20-16-28(4,18-25(34)35)24(33)17-27(20,3)14-15-30(19,31)6/h8-9,21-24,32-33H,10-18H2,1-7H3,(H,34,35)/t21-,22+,23-,24+,27-,28+,29+,30+,31+/m0/s1. The molecule has 9 atom stereocenters. The van der Waals surface area contributed by atoms with E-state index in [9.17, 15) is 20.1 Å². The van der Waals surface area contributed by atoms with Gasteiger partial charge >= 0.3 is 5.97 Å². The van der Waals surface area contributed by atoms with Gasteiger partial charge in [-0.25, -0.2) is 0 Å². The molecule has 0 aliphatic heterocycles. The molecule has 0 radical (unpaired) electrons. The Balaban J connectivity index is 1.63. The molecule has 4 nitrogen and oxygen atoms in total. The Morgan fingerprint density at radius 2 is 1.63 bits per heavy atom. The SMILES string of the molecule is CC1(C)[C@@H](O)CC[C@@]2(C)[C@H]3C=CC4=C5C[C@](C)(CC(=O)O)[C@H](O)C[C@]5(C)CC[C@@]4(C)[C@]3(C)CC[C@@H]12. The third-order valence-electron chi connectivity index (χ3n) is 13.0. The van der Waals surface area contributed by atoms with Crippen LogP contribution in [-0.2, 0) is 4.79 Å². The van der Waals surface area contributed by atoms with Gasteiger partial charge in [0.15, 0.2) is 0 Å². The minimum Gasteiger partial charge on any atom is -0.481 e. The molecule has 3 saturated carbocycles. The fourth-order valence-corrected chi connectivity index (χ4v) is 10.3. The van der Waals surface area contributed by atoms with Crippen LogP contribution in [-0.4, -0.2) is 33.5 Å². The average Bonchev–Trinajstić information content (AvgIpc) is 2.73. The van der Waals surface area contributed by atoms with E-state index in [2.05, 4.69) is 53.7 Å². The fourth-order valence-electron chi connectivity index (χ4n) is 10.3. The molecule has 5 rings (SSSR count). The van der Waals surface area contributed by atoms with Gasteiger partial charge in [0.1, 0.15) is 0 Å². The van der Waals surface area contributed by atoms with Gasteiger partial charge < -0.3 is 15.3 Å². The van der Waals surface area contributed by atoms with Gasteiger partial charge in [-0.2, -0.15) is 0 Å². The molecule has 196 valence electrons. The van der Waals surface area contributed by atoms with E-state index in [1.165, 1.54) is 11.1 Å². The van der Waals surface area contributed by atoms with Crippen LogP contribution in [0.2, 0.25) is 0 Å². The lowest BCUT2D eigenvalue weighted by molar-refractivity contribution is -0.182. The van der Waals surface area contributed by atoms with E-state index in [0.29, 0.717) is 24.7 Å². The Labute approximate surface area is 212 Å². The predicted molar refractivity (Wildman–Crippen MR) is 139 cm³/mol. The summed E-state index contributed by atoms with van der Waals surface area (Å²) in [5, 5.41) is 31.6. The monoisotopic (exact) mass is 484 g/mol. The Hall–Kier alpha value is -1.13. The van der Waals surface area contributed by atoms with Crippen molar-refractivity contribution in [3.8, 4) is 0 Å². The highest BCUT2D eigenvalue weighted by Gasteiger charge is 2.66. The number of aliphatic hydroxyl groups is 2. The zero-order valence-electron chi connectivity index (χ0n) is 23.1. The van der Waals surface area contributed by atoms with Gasteiger partial charge in [0, 0.05) is 5.41 Å². The molecular formula is C31H48O4. The Kier molecular flexibility index (Phi) is 5.44. The number of carbonyl (C=O) groups is 1. The molecule has 0 unspecified atom stereocenters. The molecule has 0 amide bonds. The second kappa shape index (κ2) is 7.47. The summed E-state index contributed by atoms with van der Waals surface area (Å²) in [5.74, 6) is 0.162. The van der Waals surface area contributed by atoms with Crippen LogP contribution in [0, 0.1) is 44.3 Å². The van der Waals surface area contributed by atoms with Crippen LogP contribution in [0.25, 0.3) is 0 Å². The quantitative estimate of drug-likeness (QED) is 0.417. The first kappa shape index (κ1) is 25.5. The van der Waals surface area contributed by atoms with Crippen molar-refractivity contribution in [3.05, 3.63) is 23.3 Å². The molecule has 0 aromatic carbocycles. The van der Waals surface area contributed by atoms with Gasteiger partial charge in [-0.3, -0.25) is 4.79 Å². The summed E-state index contributed by atoms with van der Waals surface area (Å²) >= 11 is 0. The van der Waals surface area contributed by atoms with Crippen LogP contribution in [0.15, 0.2) is 23.3 Å². The smallest absolute Gasteiger partial charge is 0.304 e. The first-order valence-corrected chi connectivity index (χ1v) is 14.0. The summed E-state index contributed by atoms with van der Waals surface area (Å²) in [6.45, 7) is 16.4. The molecule has 5 aliphatic rings. The van der Waals surface area contributed by atoms with Gasteiger partial charge in [0.2, 0.25) is 0 Å². The van der Waals surface area contributed by atoms with E-state index in [4.69, 9.17) is 0 Å². The van der Waals surface area contributed by atoms with E-state index in [-0.39, 0.29) is 39.6 Å². The van der Waals surface area contributed by atoms with Crippen molar-refractivity contribution in [3.63, 3.8) is 0 Å². The third kappa shape index (κ3) is 3.20. The predicted octanol–water partition coefficient (Wildman–Crippen LogP) is 6.51. The number of hydrogen-bond donors (Lipinski definition) is 3. The molecule has 3 N–H and O–H groups in total. The minimum absolute atomic E-state index is 0.0124. The largest absolute Gasteiger partial charge is 0.481 e. The molecule has 0 saturated heterocycles. The van der Waals surface area contributed by atoms with Crippen molar-refractivity contribution >= 4 is 5.97 Å². The van der Waals surface area contributed by atoms with Crippen molar-refractivity contribution in [2.24, 2.45) is 44.3 Å². The van der Waals surface area contributed by atoms with Crippen molar-refractivity contribution < 1.29 is 20.1 Å². The maximum atomic E-state index is 11.7. The van der Waals surface area contributed by atoms with E-state index in [1.54, 1.807) is 0 Å². The van der Waals surface area contributed by atoms with Crippen LogP contribution in [0.5, 0.6) is 0 Å². The number of carboxylic acids is 1. The van der Waals surface area contributed by atoms with E-state index in [1.807, 2.05) is 6.92 Å². The first-order chi connectivity index (χ1) is 16.0. The summed E-state index contributed by atoms with van der Waals surface area (Å²) < 4.78 is 0. The topological polar surface area (TPSA) is 77.8 Å². The first-order valence-electron chi connectivity index (χ1n) is 14.0.